The van der Waals surface area contributed by atoms with E-state index >= 15 is 0 Å². The van der Waals surface area contributed by atoms with Crippen LogP contribution in [-0.4, -0.2) is 27.5 Å². The van der Waals surface area contributed by atoms with Crippen molar-refractivity contribution >= 4 is 10.2 Å². The molecule has 0 aromatic carbocycles. The van der Waals surface area contributed by atoms with Gasteiger partial charge >= 0.3 is 0 Å². The van der Waals surface area contributed by atoms with Crippen LogP contribution in [0.15, 0.2) is 0 Å². The number of hydrogen-bond acceptors (Lipinski definition) is 3. The topological polar surface area (TPSA) is 84.2 Å². The fourth-order valence-corrected chi connectivity index (χ4v) is 3.25. The van der Waals surface area contributed by atoms with Gasteiger partial charge in [0.15, 0.2) is 0 Å². The van der Waals surface area contributed by atoms with Crippen molar-refractivity contribution in [2.75, 3.05) is 13.1 Å². The van der Waals surface area contributed by atoms with Gasteiger partial charge in [-0.1, -0.05) is 19.8 Å². The number of nitrogens with two attached hydrogens (primary N) is 1. The van der Waals surface area contributed by atoms with Crippen molar-refractivity contribution < 1.29 is 8.42 Å². The molecule has 5 nitrogen and oxygen atoms in total. The molecule has 0 amide bonds. The minimum Gasteiger partial charge on any atom is -0.330 e. The molecule has 2 unspecified atom stereocenters. The molecule has 0 aliphatic heterocycles. The lowest BCUT2D eigenvalue weighted by Crippen LogP contribution is -2.48. The summed E-state index contributed by atoms with van der Waals surface area (Å²) < 4.78 is 28.1. The zero-order chi connectivity index (χ0) is 11.3. The normalized spacial score (nSPS) is 27.9. The van der Waals surface area contributed by atoms with Crippen molar-refractivity contribution in [2.24, 2.45) is 11.7 Å². The largest absolute Gasteiger partial charge is 0.330 e. The summed E-state index contributed by atoms with van der Waals surface area (Å²) in [6, 6.07) is 0.00722. The molecule has 2 atom stereocenters. The van der Waals surface area contributed by atoms with Crippen molar-refractivity contribution in [3.05, 3.63) is 0 Å². The second kappa shape index (κ2) is 5.79. The maximum atomic E-state index is 11.5. The molecule has 0 saturated heterocycles. The average molecular weight is 235 g/mol. The fraction of sp³-hybridized carbons (Fsp3) is 1.00. The second-order valence-electron chi connectivity index (χ2n) is 4.01. The average Bonchev–Trinajstić information content (AvgIpc) is 2.17. The van der Waals surface area contributed by atoms with Gasteiger partial charge in [0.2, 0.25) is 0 Å². The van der Waals surface area contributed by atoms with E-state index in [-0.39, 0.29) is 12.0 Å². The Labute approximate surface area is 92.0 Å². The highest BCUT2D eigenvalue weighted by atomic mass is 32.2. The quantitative estimate of drug-likeness (QED) is 0.624. The zero-order valence-electron chi connectivity index (χ0n) is 9.20. The molecule has 1 aliphatic carbocycles. The summed E-state index contributed by atoms with van der Waals surface area (Å²) in [4.78, 5) is 0. The molecule has 1 fully saturated rings. The van der Waals surface area contributed by atoms with E-state index in [1.807, 2.05) is 0 Å². The summed E-state index contributed by atoms with van der Waals surface area (Å²) in [5.41, 5.74) is 5.63. The summed E-state index contributed by atoms with van der Waals surface area (Å²) in [6.07, 6.45) is 4.15. The van der Waals surface area contributed by atoms with Gasteiger partial charge in [0.25, 0.3) is 10.2 Å². The van der Waals surface area contributed by atoms with Crippen LogP contribution in [0, 0.1) is 5.92 Å². The first-order valence-electron chi connectivity index (χ1n) is 5.56. The van der Waals surface area contributed by atoms with E-state index < -0.39 is 10.2 Å². The van der Waals surface area contributed by atoms with Crippen molar-refractivity contribution in [1.29, 1.82) is 0 Å². The lowest BCUT2D eigenvalue weighted by atomic mass is 9.85. The van der Waals surface area contributed by atoms with Gasteiger partial charge in [-0.05, 0) is 25.3 Å². The first-order chi connectivity index (χ1) is 7.09. The molecule has 1 aliphatic rings. The maximum absolute atomic E-state index is 11.5. The zero-order valence-corrected chi connectivity index (χ0v) is 10.0. The molecule has 6 heteroatoms. The highest BCUT2D eigenvalue weighted by Crippen LogP contribution is 2.23. The molecule has 0 bridgehead atoms. The van der Waals surface area contributed by atoms with Crippen molar-refractivity contribution in [3.63, 3.8) is 0 Å². The molecule has 0 spiro atoms. The first kappa shape index (κ1) is 12.9. The minimum atomic E-state index is -3.33. The Morgan fingerprint density at radius 3 is 2.60 bits per heavy atom. The molecule has 4 N–H and O–H groups in total. The third-order valence-corrected chi connectivity index (χ3v) is 4.13. The molecule has 90 valence electrons. The van der Waals surface area contributed by atoms with E-state index in [9.17, 15) is 8.42 Å². The van der Waals surface area contributed by atoms with E-state index in [1.54, 1.807) is 6.92 Å². The van der Waals surface area contributed by atoms with Gasteiger partial charge in [-0.2, -0.15) is 13.1 Å². The Morgan fingerprint density at radius 1 is 1.33 bits per heavy atom. The van der Waals surface area contributed by atoms with Gasteiger partial charge in [0.1, 0.15) is 0 Å². The first-order valence-corrected chi connectivity index (χ1v) is 7.04. The Bertz CT molecular complexity index is 279. The highest BCUT2D eigenvalue weighted by molar-refractivity contribution is 7.87. The molecular weight excluding hydrogens is 214 g/mol. The van der Waals surface area contributed by atoms with Crippen LogP contribution in [0.1, 0.15) is 32.6 Å². The van der Waals surface area contributed by atoms with Gasteiger partial charge in [0.05, 0.1) is 0 Å². The van der Waals surface area contributed by atoms with Gasteiger partial charge in [-0.25, -0.2) is 4.72 Å². The Kier molecular flexibility index (Phi) is 4.98. The molecule has 1 saturated carbocycles. The SMILES string of the molecule is CCNS(=O)(=O)NC1CCCCC1CN. The molecular formula is C9H21N3O2S. The Balaban J connectivity index is 2.54. The molecule has 1 rings (SSSR count). The van der Waals surface area contributed by atoms with E-state index in [4.69, 9.17) is 5.73 Å². The van der Waals surface area contributed by atoms with Crippen LogP contribution in [0.3, 0.4) is 0 Å². The maximum Gasteiger partial charge on any atom is 0.277 e. The van der Waals surface area contributed by atoms with Gasteiger partial charge < -0.3 is 5.73 Å². The van der Waals surface area contributed by atoms with E-state index in [0.717, 1.165) is 25.7 Å². The number of hydrogen-bond donors (Lipinski definition) is 3. The molecule has 0 heterocycles. The van der Waals surface area contributed by atoms with Gasteiger partial charge in [-0.15, -0.1) is 0 Å². The van der Waals surface area contributed by atoms with Crippen LogP contribution < -0.4 is 15.2 Å². The van der Waals surface area contributed by atoms with Gasteiger partial charge in [-0.3, -0.25) is 0 Å². The third-order valence-electron chi connectivity index (χ3n) is 2.85. The van der Waals surface area contributed by atoms with Crippen molar-refractivity contribution in [2.45, 2.75) is 38.6 Å². The van der Waals surface area contributed by atoms with Crippen LogP contribution >= 0.6 is 0 Å². The van der Waals surface area contributed by atoms with Crippen molar-refractivity contribution in [3.8, 4) is 0 Å². The lowest BCUT2D eigenvalue weighted by molar-refractivity contribution is 0.295. The van der Waals surface area contributed by atoms with Crippen molar-refractivity contribution in [1.82, 2.24) is 9.44 Å². The predicted octanol–water partition coefficient (Wildman–Crippen LogP) is -0.0522. The third kappa shape index (κ3) is 4.06. The summed E-state index contributed by atoms with van der Waals surface area (Å²) in [6.45, 7) is 2.73. The molecule has 0 aromatic rings. The fourth-order valence-electron chi connectivity index (χ4n) is 2.08. The van der Waals surface area contributed by atoms with Crippen LogP contribution in [0.5, 0.6) is 0 Å². The van der Waals surface area contributed by atoms with Crippen LogP contribution in [-0.2, 0) is 10.2 Å². The number of rotatable bonds is 5. The van der Waals surface area contributed by atoms with Crippen LogP contribution in [0.4, 0.5) is 0 Å². The molecule has 15 heavy (non-hydrogen) atoms. The predicted molar refractivity (Wildman–Crippen MR) is 60.5 cm³/mol. The number of nitrogens with one attached hydrogen (secondary N) is 2. The van der Waals surface area contributed by atoms with E-state index in [1.165, 1.54) is 0 Å². The summed E-state index contributed by atoms with van der Waals surface area (Å²) in [5.74, 6) is 0.284. The van der Waals surface area contributed by atoms with Gasteiger partial charge in [0, 0.05) is 12.6 Å². The Hall–Kier alpha value is -0.170. The molecule has 0 aromatic heterocycles. The Morgan fingerprint density at radius 2 is 2.00 bits per heavy atom. The highest BCUT2D eigenvalue weighted by Gasteiger charge is 2.27. The van der Waals surface area contributed by atoms with E-state index in [2.05, 4.69) is 9.44 Å². The summed E-state index contributed by atoms with van der Waals surface area (Å²) >= 11 is 0. The standard InChI is InChI=1S/C9H21N3O2S/c1-2-11-15(13,14)12-9-6-4-3-5-8(9)7-10/h8-9,11-12H,2-7,10H2,1H3. The summed E-state index contributed by atoms with van der Waals surface area (Å²) in [7, 11) is -3.33. The van der Waals surface area contributed by atoms with Crippen LogP contribution in [0.2, 0.25) is 0 Å². The minimum absolute atomic E-state index is 0.00722. The van der Waals surface area contributed by atoms with E-state index in [0.29, 0.717) is 13.1 Å². The van der Waals surface area contributed by atoms with Crippen LogP contribution in [0.25, 0.3) is 0 Å². The monoisotopic (exact) mass is 235 g/mol. The smallest absolute Gasteiger partial charge is 0.277 e. The molecule has 0 radical (unpaired) electrons. The summed E-state index contributed by atoms with van der Waals surface area (Å²) in [5, 5.41) is 0. The lowest BCUT2D eigenvalue weighted by Gasteiger charge is -2.30. The second-order valence-corrected chi connectivity index (χ2v) is 5.54.